The zero-order valence-corrected chi connectivity index (χ0v) is 21.9. The molecule has 0 bridgehead atoms. The fraction of sp³-hybridized carbons (Fsp3) is 0.176. The van der Waals surface area contributed by atoms with Crippen LogP contribution in [0.2, 0.25) is 0 Å². The topological polar surface area (TPSA) is 44.1 Å². The highest BCUT2D eigenvalue weighted by atomic mass is 16.5. The van der Waals surface area contributed by atoms with Crippen LogP contribution < -0.4 is 0 Å². The van der Waals surface area contributed by atoms with Crippen molar-refractivity contribution in [3.05, 3.63) is 120 Å². The molecule has 0 atom stereocenters. The quantitative estimate of drug-likeness (QED) is 0.193. The van der Waals surface area contributed by atoms with Crippen LogP contribution in [0.1, 0.15) is 31.5 Å². The van der Waals surface area contributed by atoms with Gasteiger partial charge in [0.05, 0.1) is 18.0 Å². The molecule has 0 N–H and O–H groups in total. The van der Waals surface area contributed by atoms with Crippen LogP contribution in [0.15, 0.2) is 109 Å². The zero-order chi connectivity index (χ0) is 26.3. The van der Waals surface area contributed by atoms with E-state index in [1.165, 1.54) is 5.69 Å². The lowest BCUT2D eigenvalue weighted by molar-refractivity contribution is -0.143. The van der Waals surface area contributed by atoms with Crippen molar-refractivity contribution in [3.8, 4) is 39.2 Å². The van der Waals surface area contributed by atoms with Gasteiger partial charge in [-0.2, -0.15) is 5.10 Å². The summed E-state index contributed by atoms with van der Waals surface area (Å²) in [4.78, 5) is 11.9. The minimum absolute atomic E-state index is 0.163. The molecule has 190 valence electrons. The Labute approximate surface area is 224 Å². The minimum atomic E-state index is -0.163. The number of ether oxygens (including phenoxy) is 1. The SMILES string of the molecule is CCOC(=O)CCc1cccc(-c2ccccc2-n2nc(-c3ccccc3)c(-c3ccccc3)c2CC)c1. The molecule has 0 amide bonds. The van der Waals surface area contributed by atoms with Gasteiger partial charge in [0.15, 0.2) is 0 Å². The Hall–Kier alpha value is -4.44. The van der Waals surface area contributed by atoms with Gasteiger partial charge in [-0.05, 0) is 42.5 Å². The van der Waals surface area contributed by atoms with Crippen LogP contribution in [0, 0.1) is 0 Å². The number of aromatic nitrogens is 2. The first-order valence-electron chi connectivity index (χ1n) is 13.3. The maximum atomic E-state index is 11.9. The maximum absolute atomic E-state index is 11.9. The molecule has 0 fully saturated rings. The number of aryl methyl sites for hydroxylation is 1. The van der Waals surface area contributed by atoms with Gasteiger partial charge < -0.3 is 4.74 Å². The summed E-state index contributed by atoms with van der Waals surface area (Å²) in [6, 6.07) is 37.8. The molecular weight excluding hydrogens is 468 g/mol. The van der Waals surface area contributed by atoms with E-state index in [2.05, 4.69) is 109 Å². The molecule has 0 unspecified atom stereocenters. The average molecular weight is 501 g/mol. The Kier molecular flexibility index (Phi) is 7.79. The summed E-state index contributed by atoms with van der Waals surface area (Å²) in [5.41, 5.74) is 9.91. The smallest absolute Gasteiger partial charge is 0.306 e. The van der Waals surface area contributed by atoms with Gasteiger partial charge in [-0.15, -0.1) is 0 Å². The zero-order valence-electron chi connectivity index (χ0n) is 21.9. The number of nitrogens with zero attached hydrogens (tertiary/aromatic N) is 2. The molecule has 1 heterocycles. The van der Waals surface area contributed by atoms with Crippen molar-refractivity contribution in [1.82, 2.24) is 9.78 Å². The summed E-state index contributed by atoms with van der Waals surface area (Å²) in [5, 5.41) is 5.24. The van der Waals surface area contributed by atoms with E-state index in [0.717, 1.165) is 51.2 Å². The number of carbonyl (C=O) groups excluding carboxylic acids is 1. The van der Waals surface area contributed by atoms with Crippen molar-refractivity contribution in [3.63, 3.8) is 0 Å². The van der Waals surface area contributed by atoms with E-state index in [9.17, 15) is 4.79 Å². The third-order valence-electron chi connectivity index (χ3n) is 6.72. The predicted octanol–water partition coefficient (Wildman–Crippen LogP) is 7.93. The molecule has 0 aliphatic carbocycles. The Morgan fingerprint density at radius 2 is 1.42 bits per heavy atom. The van der Waals surface area contributed by atoms with Crippen molar-refractivity contribution < 1.29 is 9.53 Å². The third-order valence-corrected chi connectivity index (χ3v) is 6.72. The molecule has 38 heavy (non-hydrogen) atoms. The predicted molar refractivity (Wildman–Crippen MR) is 154 cm³/mol. The van der Waals surface area contributed by atoms with Gasteiger partial charge >= 0.3 is 5.97 Å². The Balaban J connectivity index is 1.63. The molecule has 1 aromatic heterocycles. The third kappa shape index (κ3) is 5.30. The Bertz CT molecular complexity index is 1520. The van der Waals surface area contributed by atoms with E-state index in [-0.39, 0.29) is 5.97 Å². The number of hydrogen-bond donors (Lipinski definition) is 0. The number of hydrogen-bond acceptors (Lipinski definition) is 3. The molecule has 5 rings (SSSR count). The number of para-hydroxylation sites is 1. The number of carbonyl (C=O) groups is 1. The molecule has 4 nitrogen and oxygen atoms in total. The first-order chi connectivity index (χ1) is 18.7. The van der Waals surface area contributed by atoms with Crippen molar-refractivity contribution in [2.75, 3.05) is 6.61 Å². The highest BCUT2D eigenvalue weighted by molar-refractivity contribution is 5.84. The van der Waals surface area contributed by atoms with Crippen LogP contribution in [0.3, 0.4) is 0 Å². The van der Waals surface area contributed by atoms with Crippen LogP contribution in [-0.4, -0.2) is 22.4 Å². The molecule has 4 heteroatoms. The molecule has 0 radical (unpaired) electrons. The summed E-state index contributed by atoms with van der Waals surface area (Å²) >= 11 is 0. The lowest BCUT2D eigenvalue weighted by Crippen LogP contribution is -2.05. The van der Waals surface area contributed by atoms with E-state index in [4.69, 9.17) is 9.84 Å². The number of rotatable bonds is 9. The average Bonchev–Trinajstić information content (AvgIpc) is 3.37. The Morgan fingerprint density at radius 3 is 2.13 bits per heavy atom. The lowest BCUT2D eigenvalue weighted by Gasteiger charge is -2.14. The normalized spacial score (nSPS) is 10.9. The second-order valence-corrected chi connectivity index (χ2v) is 9.19. The monoisotopic (exact) mass is 500 g/mol. The van der Waals surface area contributed by atoms with E-state index >= 15 is 0 Å². The molecule has 0 aliphatic rings. The largest absolute Gasteiger partial charge is 0.466 e. The van der Waals surface area contributed by atoms with Crippen LogP contribution in [0.25, 0.3) is 39.2 Å². The van der Waals surface area contributed by atoms with Gasteiger partial charge in [-0.25, -0.2) is 4.68 Å². The highest BCUT2D eigenvalue weighted by Gasteiger charge is 2.22. The molecule has 0 spiro atoms. The van der Waals surface area contributed by atoms with Crippen molar-refractivity contribution >= 4 is 5.97 Å². The van der Waals surface area contributed by atoms with Crippen molar-refractivity contribution in [1.29, 1.82) is 0 Å². The summed E-state index contributed by atoms with van der Waals surface area (Å²) in [5.74, 6) is -0.163. The van der Waals surface area contributed by atoms with Gasteiger partial charge in [0.2, 0.25) is 0 Å². The lowest BCUT2D eigenvalue weighted by atomic mass is 9.97. The molecular formula is C34H32N2O2. The van der Waals surface area contributed by atoms with Gasteiger partial charge in [-0.1, -0.05) is 110 Å². The van der Waals surface area contributed by atoms with Crippen LogP contribution in [-0.2, 0) is 22.4 Å². The fourth-order valence-corrected chi connectivity index (χ4v) is 4.96. The standard InChI is InChI=1S/C34H32N2O2/c1-3-30-33(26-15-7-5-8-16-26)34(27-17-9-6-10-18-27)35-36(30)31-21-12-11-20-29(31)28-19-13-14-25(24-28)22-23-32(37)38-4-2/h5-21,24H,3-4,22-23H2,1-2H3. The first-order valence-corrected chi connectivity index (χ1v) is 13.3. The summed E-state index contributed by atoms with van der Waals surface area (Å²) in [7, 11) is 0. The second-order valence-electron chi connectivity index (χ2n) is 9.19. The fourth-order valence-electron chi connectivity index (χ4n) is 4.96. The minimum Gasteiger partial charge on any atom is -0.466 e. The van der Waals surface area contributed by atoms with Gasteiger partial charge in [0.1, 0.15) is 5.69 Å². The second kappa shape index (κ2) is 11.7. The van der Waals surface area contributed by atoms with E-state index < -0.39 is 0 Å². The van der Waals surface area contributed by atoms with Crippen molar-refractivity contribution in [2.45, 2.75) is 33.1 Å². The molecule has 0 saturated heterocycles. The van der Waals surface area contributed by atoms with Gasteiger partial charge in [0, 0.05) is 23.1 Å². The van der Waals surface area contributed by atoms with Crippen molar-refractivity contribution in [2.24, 2.45) is 0 Å². The van der Waals surface area contributed by atoms with Crippen LogP contribution in [0.4, 0.5) is 0 Å². The maximum Gasteiger partial charge on any atom is 0.306 e. The number of esters is 1. The number of benzene rings is 4. The Morgan fingerprint density at radius 1 is 0.763 bits per heavy atom. The molecule has 0 saturated carbocycles. The van der Waals surface area contributed by atoms with Crippen LogP contribution >= 0.6 is 0 Å². The summed E-state index contributed by atoms with van der Waals surface area (Å²) in [6.45, 7) is 4.43. The summed E-state index contributed by atoms with van der Waals surface area (Å²) < 4.78 is 7.23. The van der Waals surface area contributed by atoms with E-state index in [1.54, 1.807) is 0 Å². The van der Waals surface area contributed by atoms with Gasteiger partial charge in [-0.3, -0.25) is 4.79 Å². The molecule has 4 aromatic carbocycles. The summed E-state index contributed by atoms with van der Waals surface area (Å²) in [6.07, 6.45) is 1.85. The molecule has 0 aliphatic heterocycles. The van der Waals surface area contributed by atoms with Crippen LogP contribution in [0.5, 0.6) is 0 Å². The first kappa shape index (κ1) is 25.2. The van der Waals surface area contributed by atoms with E-state index in [0.29, 0.717) is 19.4 Å². The van der Waals surface area contributed by atoms with E-state index in [1.807, 2.05) is 19.1 Å². The highest BCUT2D eigenvalue weighted by Crippen LogP contribution is 2.38. The molecule has 5 aromatic rings. The van der Waals surface area contributed by atoms with Gasteiger partial charge in [0.25, 0.3) is 0 Å².